The van der Waals surface area contributed by atoms with Crippen LogP contribution in [-0.4, -0.2) is 45.1 Å². The molecule has 0 radical (unpaired) electrons. The molecule has 2 atom stereocenters. The molecule has 0 saturated carbocycles. The molecule has 7 heteroatoms. The van der Waals surface area contributed by atoms with Gasteiger partial charge in [-0.15, -0.1) is 11.8 Å². The molecule has 1 aliphatic rings. The maximum Gasteiger partial charge on any atom is 0.237 e. The van der Waals surface area contributed by atoms with Gasteiger partial charge in [0.2, 0.25) is 5.91 Å². The van der Waals surface area contributed by atoms with E-state index in [-0.39, 0.29) is 11.9 Å². The second kappa shape index (κ2) is 10.3. The van der Waals surface area contributed by atoms with Crippen molar-refractivity contribution in [3.8, 4) is 5.75 Å². The highest BCUT2D eigenvalue weighted by atomic mass is 32.2. The van der Waals surface area contributed by atoms with Gasteiger partial charge >= 0.3 is 0 Å². The quantitative estimate of drug-likeness (QED) is 0.412. The fraction of sp³-hybridized carbons (Fsp3) is 0.259. The number of nitrogens with one attached hydrogen (secondary N) is 1. The Hall–Kier alpha value is -3.29. The zero-order valence-electron chi connectivity index (χ0n) is 19.1. The number of fused-ring (bicyclic) bond motifs is 1. The van der Waals surface area contributed by atoms with E-state index in [4.69, 9.17) is 4.74 Å². The molecule has 2 aromatic carbocycles. The van der Waals surface area contributed by atoms with E-state index in [1.54, 1.807) is 7.11 Å². The topological polar surface area (TPSA) is 58.9 Å². The summed E-state index contributed by atoms with van der Waals surface area (Å²) in [5.41, 5.74) is 2.96. The van der Waals surface area contributed by atoms with Crippen LogP contribution in [0.3, 0.4) is 0 Å². The Morgan fingerprint density at radius 1 is 1.09 bits per heavy atom. The summed E-state index contributed by atoms with van der Waals surface area (Å²) in [5, 5.41) is 3.47. The van der Waals surface area contributed by atoms with E-state index in [1.165, 1.54) is 10.5 Å². The molecule has 5 rings (SSSR count). The number of rotatable bonds is 8. The number of likely N-dealkylation sites (tertiary alicyclic amines) is 1. The number of benzene rings is 2. The van der Waals surface area contributed by atoms with Crippen LogP contribution >= 0.6 is 11.8 Å². The first kappa shape index (κ1) is 22.5. The number of hydrogen-bond acceptors (Lipinski definition) is 5. The Morgan fingerprint density at radius 2 is 1.88 bits per heavy atom. The number of thioether (sulfide) groups is 1. The lowest BCUT2D eigenvalue weighted by atomic mass is 10.1. The molecule has 0 aliphatic carbocycles. The molecule has 1 N–H and O–H groups in total. The van der Waals surface area contributed by atoms with Gasteiger partial charge in [-0.2, -0.15) is 0 Å². The first-order chi connectivity index (χ1) is 16.7. The van der Waals surface area contributed by atoms with Crippen LogP contribution in [0.2, 0.25) is 0 Å². The number of methoxy groups -OCH3 is 1. The van der Waals surface area contributed by atoms with Crippen molar-refractivity contribution in [1.82, 2.24) is 19.6 Å². The van der Waals surface area contributed by atoms with Crippen LogP contribution < -0.4 is 10.1 Å². The second-order valence-corrected chi connectivity index (χ2v) is 9.87. The smallest absolute Gasteiger partial charge is 0.237 e. The molecule has 6 nitrogen and oxygen atoms in total. The predicted molar refractivity (Wildman–Crippen MR) is 135 cm³/mol. The summed E-state index contributed by atoms with van der Waals surface area (Å²) in [6.07, 6.45) is 4.74. The van der Waals surface area contributed by atoms with Crippen molar-refractivity contribution in [3.63, 3.8) is 0 Å². The Morgan fingerprint density at radius 3 is 2.65 bits per heavy atom. The summed E-state index contributed by atoms with van der Waals surface area (Å²) in [7, 11) is 1.68. The maximum absolute atomic E-state index is 13.3. The first-order valence-electron chi connectivity index (χ1n) is 11.5. The van der Waals surface area contributed by atoms with Crippen molar-refractivity contribution < 1.29 is 9.53 Å². The van der Waals surface area contributed by atoms with Gasteiger partial charge in [-0.25, -0.2) is 4.98 Å². The number of nitrogens with zero attached hydrogens (tertiary/aromatic N) is 3. The Bertz CT molecular complexity index is 1210. The van der Waals surface area contributed by atoms with Gasteiger partial charge < -0.3 is 14.5 Å². The van der Waals surface area contributed by atoms with Crippen molar-refractivity contribution in [2.75, 3.05) is 13.7 Å². The molecule has 1 saturated heterocycles. The van der Waals surface area contributed by atoms with Gasteiger partial charge in [-0.3, -0.25) is 9.69 Å². The summed E-state index contributed by atoms with van der Waals surface area (Å²) in [6, 6.07) is 24.2. The summed E-state index contributed by atoms with van der Waals surface area (Å²) in [4.78, 5) is 21.4. The highest BCUT2D eigenvalue weighted by Crippen LogP contribution is 2.34. The monoisotopic (exact) mass is 472 g/mol. The number of carbonyl (C=O) groups is 1. The number of ether oxygens (including phenoxy) is 1. The highest BCUT2D eigenvalue weighted by Gasteiger charge is 2.37. The van der Waals surface area contributed by atoms with Crippen LogP contribution in [-0.2, 0) is 17.9 Å². The van der Waals surface area contributed by atoms with Gasteiger partial charge in [-0.05, 0) is 48.4 Å². The summed E-state index contributed by atoms with van der Waals surface area (Å²) in [5.74, 6) is 0.913. The first-order valence-corrected chi connectivity index (χ1v) is 12.3. The van der Waals surface area contributed by atoms with Crippen LogP contribution in [0.5, 0.6) is 5.75 Å². The molecular weight excluding hydrogens is 444 g/mol. The SMILES string of the molecule is COc1ccc(S[C@@H]2C[C@@H](C(=O)NCc3cn4ccccc4n3)N(Cc3ccccc3)C2)cc1. The normalized spacial score (nSPS) is 18.3. The van der Waals surface area contributed by atoms with E-state index >= 15 is 0 Å². The number of carbonyl (C=O) groups excluding carboxylic acids is 1. The lowest BCUT2D eigenvalue weighted by Gasteiger charge is -2.23. The molecule has 1 fully saturated rings. The van der Waals surface area contributed by atoms with Crippen LogP contribution in [0.25, 0.3) is 5.65 Å². The molecule has 0 unspecified atom stereocenters. The average molecular weight is 473 g/mol. The van der Waals surface area contributed by atoms with Crippen LogP contribution in [0.1, 0.15) is 17.7 Å². The molecular formula is C27H28N4O2S. The third kappa shape index (κ3) is 5.26. The maximum atomic E-state index is 13.3. The van der Waals surface area contributed by atoms with Gasteiger partial charge in [-0.1, -0.05) is 36.4 Å². The predicted octanol–water partition coefficient (Wildman–Crippen LogP) is 4.39. The summed E-state index contributed by atoms with van der Waals surface area (Å²) >= 11 is 1.83. The fourth-order valence-corrected chi connectivity index (χ4v) is 5.65. The molecule has 4 aromatic rings. The minimum atomic E-state index is -0.173. The number of imidazole rings is 1. The second-order valence-electron chi connectivity index (χ2n) is 8.50. The van der Waals surface area contributed by atoms with Gasteiger partial charge in [0.25, 0.3) is 0 Å². The summed E-state index contributed by atoms with van der Waals surface area (Å²) in [6.45, 7) is 2.04. The van der Waals surface area contributed by atoms with Gasteiger partial charge in [0.05, 0.1) is 25.4 Å². The van der Waals surface area contributed by atoms with E-state index in [9.17, 15) is 4.79 Å². The van der Waals surface area contributed by atoms with E-state index in [0.717, 1.165) is 36.6 Å². The molecule has 174 valence electrons. The molecule has 2 aromatic heterocycles. The van der Waals surface area contributed by atoms with Crippen molar-refractivity contribution in [2.45, 2.75) is 35.7 Å². The van der Waals surface area contributed by atoms with Gasteiger partial charge in [0, 0.05) is 35.6 Å². The summed E-state index contributed by atoms with van der Waals surface area (Å²) < 4.78 is 7.25. The lowest BCUT2D eigenvalue weighted by Crippen LogP contribution is -2.42. The molecule has 1 amide bonds. The highest BCUT2D eigenvalue weighted by molar-refractivity contribution is 8.00. The van der Waals surface area contributed by atoms with E-state index in [0.29, 0.717) is 11.8 Å². The molecule has 0 spiro atoms. The van der Waals surface area contributed by atoms with Gasteiger partial charge in [0.15, 0.2) is 0 Å². The van der Waals surface area contributed by atoms with Crippen molar-refractivity contribution >= 4 is 23.3 Å². The third-order valence-electron chi connectivity index (χ3n) is 6.12. The van der Waals surface area contributed by atoms with Gasteiger partial charge in [0.1, 0.15) is 11.4 Å². The minimum Gasteiger partial charge on any atom is -0.497 e. The zero-order chi connectivity index (χ0) is 23.3. The Kier molecular flexibility index (Phi) is 6.83. The number of amides is 1. The van der Waals surface area contributed by atoms with Crippen molar-refractivity contribution in [1.29, 1.82) is 0 Å². The number of hydrogen-bond donors (Lipinski definition) is 1. The van der Waals surface area contributed by atoms with E-state index < -0.39 is 0 Å². The Labute approximate surface area is 204 Å². The largest absolute Gasteiger partial charge is 0.497 e. The molecule has 1 aliphatic heterocycles. The fourth-order valence-electron chi connectivity index (χ4n) is 4.43. The molecule has 0 bridgehead atoms. The standard InChI is InChI=1S/C27H28N4O2S/c1-33-22-10-12-23(13-11-22)34-24-15-25(31(19-24)17-20-7-3-2-4-8-20)27(32)28-16-21-18-30-14-6-5-9-26(30)29-21/h2-14,18,24-25H,15-17,19H2,1H3,(H,28,32)/t24-,25+/m1/s1. The van der Waals surface area contributed by atoms with E-state index in [2.05, 4.69) is 39.5 Å². The number of aromatic nitrogens is 2. The average Bonchev–Trinajstić information content (AvgIpc) is 3.47. The zero-order valence-corrected chi connectivity index (χ0v) is 19.9. The van der Waals surface area contributed by atoms with E-state index in [1.807, 2.05) is 77.1 Å². The van der Waals surface area contributed by atoms with Crippen molar-refractivity contribution in [2.24, 2.45) is 0 Å². The van der Waals surface area contributed by atoms with Crippen LogP contribution in [0.4, 0.5) is 0 Å². The van der Waals surface area contributed by atoms with Crippen LogP contribution in [0.15, 0.2) is 90.1 Å². The molecule has 34 heavy (non-hydrogen) atoms. The number of pyridine rings is 1. The third-order valence-corrected chi connectivity index (χ3v) is 7.34. The minimum absolute atomic E-state index is 0.0609. The molecule has 3 heterocycles. The van der Waals surface area contributed by atoms with Crippen molar-refractivity contribution in [3.05, 3.63) is 96.4 Å². The van der Waals surface area contributed by atoms with Crippen LogP contribution in [0, 0.1) is 0 Å². The Balaban J connectivity index is 1.27. The lowest BCUT2D eigenvalue weighted by molar-refractivity contribution is -0.125.